The topological polar surface area (TPSA) is 86.1 Å². The van der Waals surface area contributed by atoms with Crippen molar-refractivity contribution in [1.29, 1.82) is 0 Å². The fraction of sp³-hybridized carbons (Fsp3) is 0.167. The molecule has 4 rings (SSSR count). The van der Waals surface area contributed by atoms with Crippen LogP contribution in [-0.2, 0) is 5.75 Å². The molecule has 0 radical (unpaired) electrons. The van der Waals surface area contributed by atoms with Gasteiger partial charge >= 0.3 is 0 Å². The van der Waals surface area contributed by atoms with Crippen LogP contribution in [0.15, 0.2) is 52.0 Å². The highest BCUT2D eigenvalue weighted by Crippen LogP contribution is 2.30. The average molecular weight is 368 g/mol. The Hall–Kier alpha value is -3.00. The smallest absolute Gasteiger partial charge is 0.251 e. The molecule has 0 amide bonds. The number of para-hydroxylation sites is 1. The quantitative estimate of drug-likeness (QED) is 0.516. The summed E-state index contributed by atoms with van der Waals surface area (Å²) in [6, 6.07) is 13.3. The Morgan fingerprint density at radius 2 is 1.96 bits per heavy atom. The zero-order chi connectivity index (χ0) is 17.9. The summed E-state index contributed by atoms with van der Waals surface area (Å²) in [4.78, 5) is 7.80. The SMILES string of the molecule is COc1ccc2nc(SCc3nnc(-c4ccccc4OC)o3)[nH]c2c1. The fourth-order valence-electron chi connectivity index (χ4n) is 2.53. The van der Waals surface area contributed by atoms with Crippen LogP contribution in [-0.4, -0.2) is 34.4 Å². The number of aromatic nitrogens is 4. The van der Waals surface area contributed by atoms with Gasteiger partial charge in [-0.2, -0.15) is 0 Å². The van der Waals surface area contributed by atoms with Crippen LogP contribution in [0.1, 0.15) is 5.89 Å². The van der Waals surface area contributed by atoms with Crippen LogP contribution in [0.3, 0.4) is 0 Å². The Balaban J connectivity index is 1.49. The lowest BCUT2D eigenvalue weighted by molar-refractivity contribution is 0.414. The van der Waals surface area contributed by atoms with Crippen molar-refractivity contribution in [1.82, 2.24) is 20.2 Å². The van der Waals surface area contributed by atoms with E-state index in [1.165, 1.54) is 11.8 Å². The standard InChI is InChI=1S/C18H16N4O3S/c1-23-11-7-8-13-14(9-11)20-18(19-13)26-10-16-21-22-17(25-16)12-5-3-4-6-15(12)24-2/h3-9H,10H2,1-2H3,(H,19,20). The fourth-order valence-corrected chi connectivity index (χ4v) is 3.25. The summed E-state index contributed by atoms with van der Waals surface area (Å²) in [5.41, 5.74) is 2.58. The molecule has 0 saturated heterocycles. The Kier molecular flexibility index (Phi) is 4.49. The van der Waals surface area contributed by atoms with E-state index in [4.69, 9.17) is 13.9 Å². The number of ether oxygens (including phenoxy) is 2. The van der Waals surface area contributed by atoms with Gasteiger partial charge in [-0.25, -0.2) is 4.98 Å². The monoisotopic (exact) mass is 368 g/mol. The number of hydrogen-bond acceptors (Lipinski definition) is 7. The minimum atomic E-state index is 0.437. The summed E-state index contributed by atoms with van der Waals surface area (Å²) in [5.74, 6) is 2.96. The highest BCUT2D eigenvalue weighted by molar-refractivity contribution is 7.98. The maximum Gasteiger partial charge on any atom is 0.251 e. The first-order valence-electron chi connectivity index (χ1n) is 7.89. The predicted octanol–water partition coefficient (Wildman–Crippen LogP) is 3.92. The number of fused-ring (bicyclic) bond motifs is 1. The third-order valence-electron chi connectivity index (χ3n) is 3.80. The largest absolute Gasteiger partial charge is 0.497 e. The molecule has 0 spiro atoms. The normalized spacial score (nSPS) is 11.0. The van der Waals surface area contributed by atoms with Crippen molar-refractivity contribution in [3.8, 4) is 23.0 Å². The summed E-state index contributed by atoms with van der Waals surface area (Å²) < 4.78 is 16.3. The molecule has 2 heterocycles. The molecule has 0 aliphatic rings. The lowest BCUT2D eigenvalue weighted by atomic mass is 10.2. The second-order valence-electron chi connectivity index (χ2n) is 5.41. The van der Waals surface area contributed by atoms with Crippen LogP contribution < -0.4 is 9.47 Å². The van der Waals surface area contributed by atoms with Gasteiger partial charge in [0.05, 0.1) is 36.6 Å². The molecular formula is C18H16N4O3S. The molecule has 0 bridgehead atoms. The van der Waals surface area contributed by atoms with Crippen molar-refractivity contribution in [3.63, 3.8) is 0 Å². The molecule has 26 heavy (non-hydrogen) atoms. The molecule has 0 fully saturated rings. The number of imidazole rings is 1. The first-order chi connectivity index (χ1) is 12.8. The zero-order valence-electron chi connectivity index (χ0n) is 14.2. The molecule has 0 saturated carbocycles. The minimum Gasteiger partial charge on any atom is -0.497 e. The molecule has 0 aliphatic carbocycles. The molecule has 0 atom stereocenters. The lowest BCUT2D eigenvalue weighted by Gasteiger charge is -2.03. The van der Waals surface area contributed by atoms with Crippen LogP contribution in [0, 0.1) is 0 Å². The Morgan fingerprint density at radius 3 is 2.81 bits per heavy atom. The predicted molar refractivity (Wildman–Crippen MR) is 98.5 cm³/mol. The molecule has 4 aromatic rings. The molecule has 2 aromatic heterocycles. The van der Waals surface area contributed by atoms with Gasteiger partial charge in [0.2, 0.25) is 5.89 Å². The van der Waals surface area contributed by atoms with Gasteiger partial charge in [0.25, 0.3) is 5.89 Å². The van der Waals surface area contributed by atoms with E-state index in [2.05, 4.69) is 20.2 Å². The van der Waals surface area contributed by atoms with E-state index in [1.54, 1.807) is 14.2 Å². The van der Waals surface area contributed by atoms with Crippen molar-refractivity contribution in [2.45, 2.75) is 10.9 Å². The van der Waals surface area contributed by atoms with Crippen LogP contribution in [0.4, 0.5) is 0 Å². The number of nitrogens with one attached hydrogen (secondary N) is 1. The Labute approximate surface area is 153 Å². The number of thioether (sulfide) groups is 1. The number of benzene rings is 2. The highest BCUT2D eigenvalue weighted by Gasteiger charge is 2.14. The maximum absolute atomic E-state index is 5.76. The van der Waals surface area contributed by atoms with E-state index in [0.29, 0.717) is 23.3 Å². The van der Waals surface area contributed by atoms with E-state index in [9.17, 15) is 0 Å². The van der Waals surface area contributed by atoms with Gasteiger partial charge in [0.1, 0.15) is 11.5 Å². The van der Waals surface area contributed by atoms with Crippen LogP contribution in [0.2, 0.25) is 0 Å². The van der Waals surface area contributed by atoms with Gasteiger partial charge < -0.3 is 18.9 Å². The van der Waals surface area contributed by atoms with Crippen molar-refractivity contribution in [3.05, 3.63) is 48.4 Å². The van der Waals surface area contributed by atoms with Crippen LogP contribution in [0.5, 0.6) is 11.5 Å². The molecule has 2 aromatic carbocycles. The van der Waals surface area contributed by atoms with Gasteiger partial charge in [-0.05, 0) is 24.3 Å². The first kappa shape index (κ1) is 16.5. The van der Waals surface area contributed by atoms with Gasteiger partial charge in [-0.15, -0.1) is 10.2 Å². The molecule has 0 unspecified atom stereocenters. The molecule has 7 nitrogen and oxygen atoms in total. The van der Waals surface area contributed by atoms with Crippen molar-refractivity contribution in [2.75, 3.05) is 14.2 Å². The molecule has 0 aliphatic heterocycles. The minimum absolute atomic E-state index is 0.437. The van der Waals surface area contributed by atoms with E-state index < -0.39 is 0 Å². The second-order valence-corrected chi connectivity index (χ2v) is 6.38. The summed E-state index contributed by atoms with van der Waals surface area (Å²) in [5, 5.41) is 9.01. The number of aromatic amines is 1. The second kappa shape index (κ2) is 7.09. The number of H-pyrrole nitrogens is 1. The maximum atomic E-state index is 5.76. The molecule has 132 valence electrons. The number of nitrogens with zero attached hydrogens (tertiary/aromatic N) is 3. The van der Waals surface area contributed by atoms with Crippen LogP contribution >= 0.6 is 11.8 Å². The van der Waals surface area contributed by atoms with Crippen LogP contribution in [0.25, 0.3) is 22.5 Å². The Morgan fingerprint density at radius 1 is 1.08 bits per heavy atom. The van der Waals surface area contributed by atoms with Gasteiger partial charge in [0.15, 0.2) is 5.16 Å². The number of rotatable bonds is 6. The van der Waals surface area contributed by atoms with E-state index in [0.717, 1.165) is 27.5 Å². The Bertz CT molecular complexity index is 1040. The van der Waals surface area contributed by atoms with Gasteiger partial charge in [-0.3, -0.25) is 0 Å². The third kappa shape index (κ3) is 3.23. The zero-order valence-corrected chi connectivity index (χ0v) is 15.0. The lowest BCUT2D eigenvalue weighted by Crippen LogP contribution is -1.87. The first-order valence-corrected chi connectivity index (χ1v) is 8.87. The molecular weight excluding hydrogens is 352 g/mol. The van der Waals surface area contributed by atoms with E-state index in [-0.39, 0.29) is 0 Å². The molecule has 8 heteroatoms. The summed E-state index contributed by atoms with van der Waals surface area (Å²) >= 11 is 1.50. The van der Waals surface area contributed by atoms with E-state index >= 15 is 0 Å². The summed E-state index contributed by atoms with van der Waals surface area (Å²) in [6.07, 6.45) is 0. The number of methoxy groups -OCH3 is 2. The number of hydrogen-bond donors (Lipinski definition) is 1. The van der Waals surface area contributed by atoms with Gasteiger partial charge in [-0.1, -0.05) is 23.9 Å². The van der Waals surface area contributed by atoms with Crippen molar-refractivity contribution >= 4 is 22.8 Å². The van der Waals surface area contributed by atoms with Crippen molar-refractivity contribution < 1.29 is 13.9 Å². The average Bonchev–Trinajstić information content (AvgIpc) is 3.32. The highest BCUT2D eigenvalue weighted by atomic mass is 32.2. The summed E-state index contributed by atoms with van der Waals surface area (Å²) in [6.45, 7) is 0. The third-order valence-corrected chi connectivity index (χ3v) is 4.66. The van der Waals surface area contributed by atoms with E-state index in [1.807, 2.05) is 42.5 Å². The molecule has 1 N–H and O–H groups in total. The van der Waals surface area contributed by atoms with Crippen molar-refractivity contribution in [2.24, 2.45) is 0 Å². The summed E-state index contributed by atoms with van der Waals surface area (Å²) in [7, 11) is 3.25. The van der Waals surface area contributed by atoms with Gasteiger partial charge in [0, 0.05) is 6.07 Å².